The van der Waals surface area contributed by atoms with E-state index in [0.717, 1.165) is 57.8 Å². The molecule has 0 saturated carbocycles. The lowest BCUT2D eigenvalue weighted by atomic mass is 10.0. The van der Waals surface area contributed by atoms with E-state index in [0.29, 0.717) is 12.8 Å². The predicted octanol–water partition coefficient (Wildman–Crippen LogP) is 12.2. The fourth-order valence-electron chi connectivity index (χ4n) is 6.57. The number of rotatable bonds is 49. The Morgan fingerprint density at radius 1 is 0.397 bits per heavy atom. The molecular formula is C51H92O15P2. The minimum Gasteiger partial charge on any atom is -0.463 e. The van der Waals surface area contributed by atoms with Crippen LogP contribution in [0.3, 0.4) is 0 Å². The largest absolute Gasteiger partial charge is 0.472 e. The van der Waals surface area contributed by atoms with Gasteiger partial charge in [-0.25, -0.2) is 9.13 Å². The van der Waals surface area contributed by atoms with Crippen molar-refractivity contribution >= 4 is 27.6 Å². The molecule has 0 rings (SSSR count). The summed E-state index contributed by atoms with van der Waals surface area (Å²) in [5.74, 6) is -1.02. The second-order valence-electron chi connectivity index (χ2n) is 17.2. The highest BCUT2D eigenvalue weighted by Gasteiger charge is 2.28. The zero-order valence-corrected chi connectivity index (χ0v) is 43.5. The molecule has 0 heterocycles. The minimum absolute atomic E-state index is 0.168. The maximum absolute atomic E-state index is 12.2. The lowest BCUT2D eigenvalue weighted by Gasteiger charge is -2.19. The van der Waals surface area contributed by atoms with E-state index in [4.69, 9.17) is 14.0 Å². The summed E-state index contributed by atoms with van der Waals surface area (Å²) < 4.78 is 53.0. The van der Waals surface area contributed by atoms with Gasteiger partial charge in [0.15, 0.2) is 0 Å². The van der Waals surface area contributed by atoms with Gasteiger partial charge in [-0.1, -0.05) is 184 Å². The van der Waals surface area contributed by atoms with Gasteiger partial charge in [0.2, 0.25) is 0 Å². The lowest BCUT2D eigenvalue weighted by Crippen LogP contribution is -2.25. The van der Waals surface area contributed by atoms with Crippen LogP contribution in [0.5, 0.6) is 0 Å². The van der Waals surface area contributed by atoms with Crippen LogP contribution in [-0.4, -0.2) is 95.0 Å². The third-order valence-corrected chi connectivity index (χ3v) is 12.5. The zero-order chi connectivity index (χ0) is 50.2. The molecule has 396 valence electrons. The molecule has 0 radical (unpaired) electrons. The number of phosphoric ester groups is 2. The molecule has 17 heteroatoms. The Balaban J connectivity index is 3.86. The number of hydrogen-bond donors (Lipinski definition) is 5. The summed E-state index contributed by atoms with van der Waals surface area (Å²) >= 11 is 0. The normalized spacial score (nSPS) is 15.5. The first-order valence-electron chi connectivity index (χ1n) is 25.7. The number of carbonyl (C=O) groups excluding carboxylic acids is 2. The molecule has 5 unspecified atom stereocenters. The Morgan fingerprint density at radius 2 is 0.691 bits per heavy atom. The van der Waals surface area contributed by atoms with Gasteiger partial charge in [0.05, 0.1) is 26.4 Å². The number of allylic oxidation sites excluding steroid dienone is 10. The zero-order valence-electron chi connectivity index (χ0n) is 41.8. The van der Waals surface area contributed by atoms with Crippen LogP contribution in [0, 0.1) is 0 Å². The summed E-state index contributed by atoms with van der Waals surface area (Å²) in [6.07, 6.45) is 46.4. The fourth-order valence-corrected chi connectivity index (χ4v) is 8.16. The third-order valence-electron chi connectivity index (χ3n) is 10.6. The molecular weight excluding hydrogens is 914 g/mol. The van der Waals surface area contributed by atoms with Crippen molar-refractivity contribution in [1.29, 1.82) is 0 Å². The van der Waals surface area contributed by atoms with E-state index in [9.17, 15) is 43.8 Å². The average molecular weight is 1010 g/mol. The highest BCUT2D eigenvalue weighted by atomic mass is 31.2. The summed E-state index contributed by atoms with van der Waals surface area (Å²) in [6.45, 7) is 0.259. The summed E-state index contributed by atoms with van der Waals surface area (Å²) in [4.78, 5) is 43.8. The Bertz CT molecular complexity index is 1450. The van der Waals surface area contributed by atoms with Crippen LogP contribution in [0.25, 0.3) is 0 Å². The van der Waals surface area contributed by atoms with Gasteiger partial charge in [-0.2, -0.15) is 0 Å². The van der Waals surface area contributed by atoms with Crippen molar-refractivity contribution < 1.29 is 71.4 Å². The molecule has 0 saturated heterocycles. The Hall–Kier alpha value is -2.26. The molecule has 0 aromatic heterocycles. The quantitative estimate of drug-likeness (QED) is 0.0126. The van der Waals surface area contributed by atoms with E-state index in [2.05, 4.69) is 51.7 Å². The molecule has 0 bridgehead atoms. The lowest BCUT2D eigenvalue weighted by molar-refractivity contribution is -0.148. The van der Waals surface area contributed by atoms with Crippen molar-refractivity contribution in [1.82, 2.24) is 0 Å². The first-order chi connectivity index (χ1) is 32.8. The maximum atomic E-state index is 12.2. The number of esters is 2. The molecule has 0 fully saturated rings. The fraction of sp³-hybridized carbons (Fsp3) is 0.765. The van der Waals surface area contributed by atoms with Crippen LogP contribution in [0.2, 0.25) is 0 Å². The summed E-state index contributed by atoms with van der Waals surface area (Å²) in [7, 11) is -9.58. The molecule has 0 aliphatic rings. The van der Waals surface area contributed by atoms with Gasteiger partial charge in [0.25, 0.3) is 0 Å². The second kappa shape index (κ2) is 47.1. The SMILES string of the molecule is CC/C=C/C=C/C=C/C=C\CCCCCCCC(=O)OCC(O)COP(=O)(O)OCC(O)COP(=O)(O)OCC(O)COC(=O)CCCCCCCCCCCCC/C=C/CCCCCCCC. The first kappa shape index (κ1) is 65.7. The van der Waals surface area contributed by atoms with Crippen molar-refractivity contribution in [2.75, 3.05) is 39.6 Å². The Kier molecular flexibility index (Phi) is 45.5. The van der Waals surface area contributed by atoms with Crippen LogP contribution in [-0.2, 0) is 46.3 Å². The summed E-state index contributed by atoms with van der Waals surface area (Å²) in [6, 6.07) is 0. The first-order valence-corrected chi connectivity index (χ1v) is 28.7. The third kappa shape index (κ3) is 48.8. The number of aliphatic hydroxyl groups is 3. The van der Waals surface area contributed by atoms with Crippen molar-refractivity contribution in [3.63, 3.8) is 0 Å². The van der Waals surface area contributed by atoms with Gasteiger partial charge in [0, 0.05) is 12.8 Å². The number of unbranched alkanes of at least 4 members (excludes halogenated alkanes) is 22. The van der Waals surface area contributed by atoms with Crippen LogP contribution in [0.4, 0.5) is 0 Å². The number of carbonyl (C=O) groups is 2. The molecule has 0 amide bonds. The van der Waals surface area contributed by atoms with Crippen LogP contribution in [0.15, 0.2) is 60.8 Å². The molecule has 68 heavy (non-hydrogen) atoms. The highest BCUT2D eigenvalue weighted by Crippen LogP contribution is 2.45. The predicted molar refractivity (Wildman–Crippen MR) is 270 cm³/mol. The van der Waals surface area contributed by atoms with Crippen LogP contribution >= 0.6 is 15.6 Å². The van der Waals surface area contributed by atoms with Crippen molar-refractivity contribution in [2.45, 2.75) is 212 Å². The Labute approximate surface area is 410 Å². The van der Waals surface area contributed by atoms with E-state index in [1.54, 1.807) is 0 Å². The van der Waals surface area contributed by atoms with Gasteiger partial charge >= 0.3 is 27.6 Å². The van der Waals surface area contributed by atoms with E-state index in [1.165, 1.54) is 96.3 Å². The number of ether oxygens (including phenoxy) is 2. The molecule has 0 aromatic carbocycles. The summed E-state index contributed by atoms with van der Waals surface area (Å²) in [5.41, 5.74) is 0. The molecule has 15 nitrogen and oxygen atoms in total. The van der Waals surface area contributed by atoms with E-state index >= 15 is 0 Å². The van der Waals surface area contributed by atoms with E-state index < -0.39 is 85.5 Å². The van der Waals surface area contributed by atoms with Gasteiger partial charge in [0.1, 0.15) is 31.5 Å². The molecule has 5 atom stereocenters. The van der Waals surface area contributed by atoms with Crippen molar-refractivity contribution in [3.8, 4) is 0 Å². The van der Waals surface area contributed by atoms with Crippen LogP contribution in [0.1, 0.15) is 194 Å². The highest BCUT2D eigenvalue weighted by molar-refractivity contribution is 7.47. The molecule has 0 aliphatic heterocycles. The average Bonchev–Trinajstić information content (AvgIpc) is 3.31. The molecule has 0 aliphatic carbocycles. The standard InChI is InChI=1S/C51H92O15P2/c1-3-5-7-9-11-13-15-17-19-20-21-22-23-24-26-28-30-32-34-36-38-40-51(56)62-42-48(53)44-64-68(59,60)66-46-49(54)45-65-67(57,58)63-43-47(52)41-61-50(55)39-37-35-33-31-29-27-25-18-16-14-12-10-8-6-4-2/h6,8,10,12,14,16-19,25,47-49,52-54H,3-5,7,9,11,13,15,20-24,26-46H2,1-2H3,(H,57,58)(H,59,60)/b8-6+,12-10+,16-14+,19-17+,25-18-. The molecule has 0 spiro atoms. The minimum atomic E-state index is -4.79. The van der Waals surface area contributed by atoms with Crippen molar-refractivity contribution in [2.24, 2.45) is 0 Å². The van der Waals surface area contributed by atoms with Crippen LogP contribution < -0.4 is 0 Å². The van der Waals surface area contributed by atoms with Crippen molar-refractivity contribution in [3.05, 3.63) is 60.8 Å². The van der Waals surface area contributed by atoms with Gasteiger partial charge in [-0.3, -0.25) is 27.7 Å². The molecule has 0 aromatic rings. The van der Waals surface area contributed by atoms with Gasteiger partial charge in [-0.05, 0) is 57.8 Å². The number of aliphatic hydroxyl groups excluding tert-OH is 3. The second-order valence-corrected chi connectivity index (χ2v) is 20.2. The van der Waals surface area contributed by atoms with Gasteiger partial charge < -0.3 is 34.6 Å². The monoisotopic (exact) mass is 1010 g/mol. The topological polar surface area (TPSA) is 225 Å². The van der Waals surface area contributed by atoms with E-state index in [1.807, 2.05) is 36.5 Å². The Morgan fingerprint density at radius 3 is 1.06 bits per heavy atom. The number of hydrogen-bond acceptors (Lipinski definition) is 13. The molecule has 5 N–H and O–H groups in total. The maximum Gasteiger partial charge on any atom is 0.472 e. The van der Waals surface area contributed by atoms with E-state index in [-0.39, 0.29) is 12.8 Å². The summed E-state index contributed by atoms with van der Waals surface area (Å²) in [5, 5.41) is 30.1. The van der Waals surface area contributed by atoms with Gasteiger partial charge in [-0.15, -0.1) is 0 Å². The smallest absolute Gasteiger partial charge is 0.463 e. The number of phosphoric acid groups is 2.